The zero-order chi connectivity index (χ0) is 11.1. The van der Waals surface area contributed by atoms with Crippen LogP contribution in [0.1, 0.15) is 0 Å². The Hall–Kier alpha value is -2.30. The number of anilines is 1. The Morgan fingerprint density at radius 1 is 1.44 bits per heavy atom. The lowest BCUT2D eigenvalue weighted by Crippen LogP contribution is -1.90. The lowest BCUT2D eigenvalue weighted by Gasteiger charge is -1.96. The Labute approximate surface area is 91.9 Å². The number of pyridine rings is 1. The number of imidazole rings is 1. The van der Waals surface area contributed by atoms with E-state index in [2.05, 4.69) is 15.0 Å². The van der Waals surface area contributed by atoms with Gasteiger partial charge in [0.1, 0.15) is 5.52 Å². The van der Waals surface area contributed by atoms with Crippen LogP contribution in [0.4, 0.5) is 5.69 Å². The zero-order valence-electron chi connectivity index (χ0n) is 8.81. The minimum absolute atomic E-state index is 0.728. The van der Waals surface area contributed by atoms with E-state index in [1.165, 1.54) is 0 Å². The molecule has 3 rings (SSSR count). The summed E-state index contributed by atoms with van der Waals surface area (Å²) >= 11 is 0. The number of aromatic amines is 1. The van der Waals surface area contributed by atoms with Crippen molar-refractivity contribution in [2.75, 3.05) is 5.73 Å². The summed E-state index contributed by atoms with van der Waals surface area (Å²) in [4.78, 5) is 11.8. The number of hydrogen-bond acceptors (Lipinski definition) is 3. The highest BCUT2D eigenvalue weighted by atomic mass is 15.0. The third kappa shape index (κ3) is 1.25. The molecule has 3 aromatic rings. The minimum atomic E-state index is 0.728. The van der Waals surface area contributed by atoms with Crippen LogP contribution < -0.4 is 5.73 Å². The van der Waals surface area contributed by atoms with Gasteiger partial charge in [-0.1, -0.05) is 0 Å². The van der Waals surface area contributed by atoms with Gasteiger partial charge in [-0.2, -0.15) is 0 Å². The maximum atomic E-state index is 5.73. The van der Waals surface area contributed by atoms with E-state index in [9.17, 15) is 0 Å². The summed E-state index contributed by atoms with van der Waals surface area (Å²) in [5, 5.41) is 0. The van der Waals surface area contributed by atoms with Gasteiger partial charge in [0.25, 0.3) is 0 Å². The second-order valence-electron chi connectivity index (χ2n) is 3.73. The van der Waals surface area contributed by atoms with Gasteiger partial charge in [0.2, 0.25) is 0 Å². The van der Waals surface area contributed by atoms with Gasteiger partial charge >= 0.3 is 0 Å². The molecule has 3 N–H and O–H groups in total. The molecule has 0 aliphatic rings. The third-order valence-electron chi connectivity index (χ3n) is 2.52. The van der Waals surface area contributed by atoms with Crippen molar-refractivity contribution in [1.82, 2.24) is 19.5 Å². The molecule has 0 spiro atoms. The molecule has 5 heteroatoms. The van der Waals surface area contributed by atoms with Gasteiger partial charge in [-0.05, 0) is 18.2 Å². The lowest BCUT2D eigenvalue weighted by molar-refractivity contribution is 0.928. The topological polar surface area (TPSA) is 72.5 Å². The van der Waals surface area contributed by atoms with Crippen LogP contribution in [0.15, 0.2) is 30.6 Å². The van der Waals surface area contributed by atoms with Crippen LogP contribution in [0.2, 0.25) is 0 Å². The summed E-state index contributed by atoms with van der Waals surface area (Å²) in [5.74, 6) is 0.785. The number of H-pyrrole nitrogens is 1. The fourth-order valence-electron chi connectivity index (χ4n) is 1.79. The predicted molar refractivity (Wildman–Crippen MR) is 62.7 cm³/mol. The number of nitrogens with one attached hydrogen (secondary N) is 1. The Balaban J connectivity index is 2.22. The van der Waals surface area contributed by atoms with Crippen LogP contribution in [0.3, 0.4) is 0 Å². The summed E-state index contributed by atoms with van der Waals surface area (Å²) in [7, 11) is 1.94. The number of aryl methyl sites for hydroxylation is 1. The van der Waals surface area contributed by atoms with Crippen molar-refractivity contribution in [1.29, 1.82) is 0 Å². The molecule has 0 radical (unpaired) electrons. The van der Waals surface area contributed by atoms with Crippen molar-refractivity contribution in [3.8, 4) is 11.5 Å². The lowest BCUT2D eigenvalue weighted by atomic mass is 10.4. The van der Waals surface area contributed by atoms with Gasteiger partial charge in [-0.25, -0.2) is 9.97 Å². The maximum absolute atomic E-state index is 5.73. The molecular formula is C11H11N5. The standard InChI is InChI=1S/C11H11N5/c1-16-6-7(12)5-9(16)11-14-8-3-2-4-13-10(8)15-11/h2-6H,12H2,1H3,(H,13,14,15). The number of nitrogens with zero attached hydrogens (tertiary/aromatic N) is 3. The van der Waals surface area contributed by atoms with E-state index in [4.69, 9.17) is 5.73 Å². The molecule has 80 valence electrons. The number of aromatic nitrogens is 4. The van der Waals surface area contributed by atoms with Crippen molar-refractivity contribution < 1.29 is 0 Å². The fraction of sp³-hybridized carbons (Fsp3) is 0.0909. The largest absolute Gasteiger partial charge is 0.397 e. The Morgan fingerprint density at radius 3 is 3.00 bits per heavy atom. The summed E-state index contributed by atoms with van der Waals surface area (Å²) in [6, 6.07) is 5.68. The SMILES string of the molecule is Cn1cc(N)cc1-c1nc2cccnc2[nH]1. The molecule has 0 aromatic carbocycles. The number of rotatable bonds is 1. The molecule has 0 atom stereocenters. The third-order valence-corrected chi connectivity index (χ3v) is 2.52. The molecule has 0 bridgehead atoms. The monoisotopic (exact) mass is 213 g/mol. The molecule has 0 saturated heterocycles. The van der Waals surface area contributed by atoms with E-state index < -0.39 is 0 Å². The first-order valence-electron chi connectivity index (χ1n) is 4.97. The van der Waals surface area contributed by atoms with Gasteiger partial charge in [0.15, 0.2) is 11.5 Å². The summed E-state index contributed by atoms with van der Waals surface area (Å²) in [6.07, 6.45) is 3.60. The van der Waals surface area contributed by atoms with Crippen molar-refractivity contribution in [2.24, 2.45) is 7.05 Å². The van der Waals surface area contributed by atoms with E-state index in [0.717, 1.165) is 28.4 Å². The number of nitrogens with two attached hydrogens (primary N) is 1. The van der Waals surface area contributed by atoms with E-state index in [0.29, 0.717) is 0 Å². The smallest absolute Gasteiger partial charge is 0.157 e. The molecule has 5 nitrogen and oxygen atoms in total. The van der Waals surface area contributed by atoms with Crippen LogP contribution in [-0.2, 0) is 7.05 Å². The van der Waals surface area contributed by atoms with Crippen LogP contribution in [0.5, 0.6) is 0 Å². The van der Waals surface area contributed by atoms with Gasteiger partial charge in [0.05, 0.1) is 11.4 Å². The number of hydrogen-bond donors (Lipinski definition) is 2. The van der Waals surface area contributed by atoms with Crippen LogP contribution >= 0.6 is 0 Å². The summed E-state index contributed by atoms with van der Waals surface area (Å²) < 4.78 is 1.94. The average molecular weight is 213 g/mol. The predicted octanol–water partition coefficient (Wildman–Crippen LogP) is 1.55. The van der Waals surface area contributed by atoms with E-state index in [1.807, 2.05) is 36.0 Å². The molecule has 0 unspecified atom stereocenters. The molecule has 16 heavy (non-hydrogen) atoms. The first-order valence-corrected chi connectivity index (χ1v) is 4.97. The van der Waals surface area contributed by atoms with Crippen molar-refractivity contribution in [3.05, 3.63) is 30.6 Å². The van der Waals surface area contributed by atoms with E-state index >= 15 is 0 Å². The van der Waals surface area contributed by atoms with Crippen LogP contribution in [0.25, 0.3) is 22.7 Å². The van der Waals surface area contributed by atoms with Crippen molar-refractivity contribution >= 4 is 16.9 Å². The van der Waals surface area contributed by atoms with Gasteiger partial charge in [0, 0.05) is 19.4 Å². The van der Waals surface area contributed by atoms with Crippen LogP contribution in [-0.4, -0.2) is 19.5 Å². The first-order chi connectivity index (χ1) is 7.74. The molecule has 0 fully saturated rings. The fourth-order valence-corrected chi connectivity index (χ4v) is 1.79. The molecule has 0 amide bonds. The van der Waals surface area contributed by atoms with Gasteiger partial charge < -0.3 is 15.3 Å². The Morgan fingerprint density at radius 2 is 2.31 bits per heavy atom. The highest BCUT2D eigenvalue weighted by Gasteiger charge is 2.09. The van der Waals surface area contributed by atoms with Crippen molar-refractivity contribution in [2.45, 2.75) is 0 Å². The molecule has 0 saturated carbocycles. The molecule has 0 aliphatic heterocycles. The average Bonchev–Trinajstić information content (AvgIpc) is 2.81. The number of fused-ring (bicyclic) bond motifs is 1. The Kier molecular flexibility index (Phi) is 1.73. The highest BCUT2D eigenvalue weighted by molar-refractivity contribution is 5.75. The molecular weight excluding hydrogens is 202 g/mol. The number of nitrogen functional groups attached to an aromatic ring is 1. The van der Waals surface area contributed by atoms with Crippen LogP contribution in [0, 0.1) is 0 Å². The summed E-state index contributed by atoms with van der Waals surface area (Å²) in [6.45, 7) is 0. The summed E-state index contributed by atoms with van der Waals surface area (Å²) in [5.41, 5.74) is 9.06. The van der Waals surface area contributed by atoms with E-state index in [1.54, 1.807) is 6.20 Å². The van der Waals surface area contributed by atoms with Gasteiger partial charge in [-0.15, -0.1) is 0 Å². The molecule has 0 aliphatic carbocycles. The second-order valence-corrected chi connectivity index (χ2v) is 3.73. The molecule has 3 aromatic heterocycles. The quantitative estimate of drug-likeness (QED) is 0.644. The molecule has 3 heterocycles. The Bertz CT molecular complexity index is 616. The second kappa shape index (κ2) is 3.10. The minimum Gasteiger partial charge on any atom is -0.397 e. The van der Waals surface area contributed by atoms with Crippen molar-refractivity contribution in [3.63, 3.8) is 0 Å². The zero-order valence-corrected chi connectivity index (χ0v) is 8.81. The first kappa shape index (κ1) is 8.96. The maximum Gasteiger partial charge on any atom is 0.157 e. The van der Waals surface area contributed by atoms with Gasteiger partial charge in [-0.3, -0.25) is 0 Å². The highest BCUT2D eigenvalue weighted by Crippen LogP contribution is 2.21. The normalized spacial score (nSPS) is 11.1. The van der Waals surface area contributed by atoms with E-state index in [-0.39, 0.29) is 0 Å².